The van der Waals surface area contributed by atoms with Crippen LogP contribution in [-0.4, -0.2) is 66.7 Å². The molecule has 4 rings (SSSR count). The minimum absolute atomic E-state index is 0.127. The van der Waals surface area contributed by atoms with Crippen molar-refractivity contribution in [3.8, 4) is 0 Å². The fraction of sp³-hybridized carbons (Fsp3) is 0.452. The van der Waals surface area contributed by atoms with Crippen LogP contribution in [0.1, 0.15) is 42.3 Å². The van der Waals surface area contributed by atoms with Crippen molar-refractivity contribution in [1.82, 2.24) is 15.5 Å². The van der Waals surface area contributed by atoms with Gasteiger partial charge in [-0.05, 0) is 36.1 Å². The Bertz CT molecular complexity index is 1250. The molecule has 5 atom stereocenters. The molecule has 2 aromatic carbocycles. The Labute approximate surface area is 234 Å². The normalized spacial score (nSPS) is 22.8. The van der Waals surface area contributed by atoms with E-state index in [2.05, 4.69) is 22.5 Å². The number of likely N-dealkylation sites (tertiary alicyclic amines) is 1. The van der Waals surface area contributed by atoms with E-state index < -0.39 is 54.1 Å². The molecule has 2 heterocycles. The van der Waals surface area contributed by atoms with Gasteiger partial charge in [0.25, 0.3) is 5.91 Å². The number of nitrogens with one attached hydrogen (secondary N) is 3. The third kappa shape index (κ3) is 5.88. The van der Waals surface area contributed by atoms with Crippen LogP contribution in [-0.2, 0) is 22.4 Å². The number of halogens is 2. The first-order valence-electron chi connectivity index (χ1n) is 13.7. The molecule has 0 aromatic heterocycles. The molecular formula is C31H38F2N4O3. The van der Waals surface area contributed by atoms with Crippen molar-refractivity contribution in [3.63, 3.8) is 0 Å². The van der Waals surface area contributed by atoms with Gasteiger partial charge in [0.15, 0.2) is 0 Å². The first-order chi connectivity index (χ1) is 19.1. The molecule has 3 amide bonds. The summed E-state index contributed by atoms with van der Waals surface area (Å²) in [4.78, 5) is 41.9. The molecule has 214 valence electrons. The van der Waals surface area contributed by atoms with Crippen molar-refractivity contribution < 1.29 is 23.2 Å². The lowest BCUT2D eigenvalue weighted by Gasteiger charge is -2.49. The standard InChI is InChI=1S/C31H38F2N4O3/c1-5-15-35-29(39)27-31(3,4)26(33)23(32)18-37(27)30(40)19(2)25(17-20-10-7-6-8-11-20)36-28(38)22-12-9-13-24-21(22)14-16-34-24/h5-13,19,23,25-27,34H,1,14-18H2,2-4H3,(H,35,39)(H,36,38)/t19-,23?,25-,26?,27+/m0/s1. The number of amides is 3. The highest BCUT2D eigenvalue weighted by atomic mass is 19.2. The SMILES string of the molecule is C=CCNC(=O)[C@H]1N(C(=O)[C@@H](C)[C@H](Cc2ccccc2)NC(=O)c2cccc3c2CCN3)CC(F)C(F)C1(C)C. The Kier molecular flexibility index (Phi) is 8.91. The van der Waals surface area contributed by atoms with Gasteiger partial charge in [-0.15, -0.1) is 6.58 Å². The first-order valence-corrected chi connectivity index (χ1v) is 13.7. The molecule has 3 N–H and O–H groups in total. The molecule has 0 bridgehead atoms. The van der Waals surface area contributed by atoms with E-state index in [9.17, 15) is 18.8 Å². The summed E-state index contributed by atoms with van der Waals surface area (Å²) in [5.41, 5.74) is 1.79. The highest BCUT2D eigenvalue weighted by molar-refractivity contribution is 5.98. The topological polar surface area (TPSA) is 90.5 Å². The summed E-state index contributed by atoms with van der Waals surface area (Å²) in [5, 5.41) is 8.97. The number of hydrogen-bond donors (Lipinski definition) is 3. The van der Waals surface area contributed by atoms with Gasteiger partial charge < -0.3 is 20.9 Å². The molecule has 0 spiro atoms. The Morgan fingerprint density at radius 2 is 1.88 bits per heavy atom. The van der Waals surface area contributed by atoms with Gasteiger partial charge in [-0.3, -0.25) is 14.4 Å². The summed E-state index contributed by atoms with van der Waals surface area (Å²) in [5.74, 6) is -2.25. The number of nitrogens with zero attached hydrogens (tertiary/aromatic N) is 1. The molecule has 2 aromatic rings. The molecule has 0 saturated carbocycles. The highest BCUT2D eigenvalue weighted by Crippen LogP contribution is 2.40. The van der Waals surface area contributed by atoms with E-state index in [1.807, 2.05) is 42.5 Å². The van der Waals surface area contributed by atoms with Crippen molar-refractivity contribution in [2.45, 2.75) is 58.0 Å². The third-order valence-electron chi connectivity index (χ3n) is 8.09. The number of piperidine rings is 1. The second-order valence-corrected chi connectivity index (χ2v) is 11.2. The molecule has 9 heteroatoms. The Balaban J connectivity index is 1.65. The monoisotopic (exact) mass is 552 g/mol. The second-order valence-electron chi connectivity index (χ2n) is 11.2. The number of anilines is 1. The molecular weight excluding hydrogens is 514 g/mol. The number of hydrogen-bond acceptors (Lipinski definition) is 4. The molecule has 2 aliphatic heterocycles. The molecule has 7 nitrogen and oxygen atoms in total. The van der Waals surface area contributed by atoms with Crippen molar-refractivity contribution >= 4 is 23.4 Å². The van der Waals surface area contributed by atoms with Gasteiger partial charge in [-0.1, -0.05) is 63.2 Å². The number of carbonyl (C=O) groups excluding carboxylic acids is 3. The molecule has 0 aliphatic carbocycles. The average molecular weight is 553 g/mol. The van der Waals surface area contributed by atoms with Crippen molar-refractivity contribution in [1.29, 1.82) is 0 Å². The molecule has 40 heavy (non-hydrogen) atoms. The van der Waals surface area contributed by atoms with E-state index >= 15 is 4.39 Å². The number of fused-ring (bicyclic) bond motifs is 1. The molecule has 2 unspecified atom stereocenters. The predicted molar refractivity (Wildman–Crippen MR) is 151 cm³/mol. The van der Waals surface area contributed by atoms with E-state index in [0.29, 0.717) is 18.4 Å². The van der Waals surface area contributed by atoms with Crippen LogP contribution >= 0.6 is 0 Å². The van der Waals surface area contributed by atoms with Crippen molar-refractivity contribution in [3.05, 3.63) is 77.9 Å². The average Bonchev–Trinajstić information content (AvgIpc) is 3.43. The fourth-order valence-electron chi connectivity index (χ4n) is 5.83. The van der Waals surface area contributed by atoms with Crippen LogP contribution in [0.2, 0.25) is 0 Å². The number of benzene rings is 2. The summed E-state index contributed by atoms with van der Waals surface area (Å²) >= 11 is 0. The summed E-state index contributed by atoms with van der Waals surface area (Å²) < 4.78 is 30.0. The van der Waals surface area contributed by atoms with Crippen LogP contribution < -0.4 is 16.0 Å². The number of carbonyl (C=O) groups is 3. The van der Waals surface area contributed by atoms with Gasteiger partial charge in [-0.25, -0.2) is 8.78 Å². The zero-order chi connectivity index (χ0) is 29.0. The molecule has 1 fully saturated rings. The fourth-order valence-corrected chi connectivity index (χ4v) is 5.83. The van der Waals surface area contributed by atoms with Crippen LogP contribution in [0.5, 0.6) is 0 Å². The quantitative estimate of drug-likeness (QED) is 0.413. The van der Waals surface area contributed by atoms with Crippen LogP contribution in [0.25, 0.3) is 0 Å². The second kappa shape index (κ2) is 12.2. The lowest BCUT2D eigenvalue weighted by Crippen LogP contribution is -2.67. The molecule has 2 aliphatic rings. The van der Waals surface area contributed by atoms with Gasteiger partial charge in [0.1, 0.15) is 18.4 Å². The maximum absolute atomic E-state index is 15.1. The summed E-state index contributed by atoms with van der Waals surface area (Å²) in [6.45, 7) is 8.48. The largest absolute Gasteiger partial charge is 0.384 e. The van der Waals surface area contributed by atoms with E-state index in [1.165, 1.54) is 19.9 Å². The lowest BCUT2D eigenvalue weighted by atomic mass is 9.73. The predicted octanol–water partition coefficient (Wildman–Crippen LogP) is 3.85. The van der Waals surface area contributed by atoms with Crippen LogP contribution in [0.3, 0.4) is 0 Å². The van der Waals surface area contributed by atoms with Crippen LogP contribution in [0, 0.1) is 11.3 Å². The van der Waals surface area contributed by atoms with Gasteiger partial charge >= 0.3 is 0 Å². The summed E-state index contributed by atoms with van der Waals surface area (Å²) in [7, 11) is 0. The van der Waals surface area contributed by atoms with Gasteiger partial charge in [-0.2, -0.15) is 0 Å². The molecule has 1 saturated heterocycles. The Morgan fingerprint density at radius 3 is 2.58 bits per heavy atom. The maximum Gasteiger partial charge on any atom is 0.251 e. The van der Waals surface area contributed by atoms with Crippen LogP contribution in [0.4, 0.5) is 14.5 Å². The Hall–Kier alpha value is -3.75. The smallest absolute Gasteiger partial charge is 0.251 e. The minimum atomic E-state index is -1.95. The van der Waals surface area contributed by atoms with E-state index in [4.69, 9.17) is 0 Å². The van der Waals surface area contributed by atoms with Crippen molar-refractivity contribution in [2.75, 3.05) is 25.0 Å². The Morgan fingerprint density at radius 1 is 1.15 bits per heavy atom. The zero-order valence-corrected chi connectivity index (χ0v) is 23.3. The summed E-state index contributed by atoms with van der Waals surface area (Å²) in [6, 6.07) is 13.0. The first kappa shape index (κ1) is 29.2. The van der Waals surface area contributed by atoms with E-state index in [0.717, 1.165) is 28.3 Å². The zero-order valence-electron chi connectivity index (χ0n) is 23.3. The van der Waals surface area contributed by atoms with E-state index in [1.54, 1.807) is 13.0 Å². The highest BCUT2D eigenvalue weighted by Gasteiger charge is 2.55. The lowest BCUT2D eigenvalue weighted by molar-refractivity contribution is -0.161. The van der Waals surface area contributed by atoms with Gasteiger partial charge in [0.2, 0.25) is 11.8 Å². The minimum Gasteiger partial charge on any atom is -0.384 e. The third-order valence-corrected chi connectivity index (χ3v) is 8.09. The van der Waals surface area contributed by atoms with Gasteiger partial charge in [0, 0.05) is 35.8 Å². The maximum atomic E-state index is 15.1. The van der Waals surface area contributed by atoms with Crippen molar-refractivity contribution in [2.24, 2.45) is 11.3 Å². The molecule has 0 radical (unpaired) electrons. The summed E-state index contributed by atoms with van der Waals surface area (Å²) in [6.07, 6.45) is -1.35. The van der Waals surface area contributed by atoms with Crippen LogP contribution in [0.15, 0.2) is 61.2 Å². The number of rotatable bonds is 9. The van der Waals surface area contributed by atoms with Gasteiger partial charge in [0.05, 0.1) is 12.5 Å². The number of alkyl halides is 2. The van der Waals surface area contributed by atoms with E-state index in [-0.39, 0.29) is 12.5 Å².